The molecule has 0 spiro atoms. The highest BCUT2D eigenvalue weighted by atomic mass is 16.2. The molecule has 2 unspecified atom stereocenters. The summed E-state index contributed by atoms with van der Waals surface area (Å²) in [5, 5.41) is 4.32. The second kappa shape index (κ2) is 7.65. The van der Waals surface area contributed by atoms with Gasteiger partial charge in [-0.05, 0) is 44.4 Å². The number of nitrogens with one attached hydrogen (secondary N) is 1. The molecule has 24 heavy (non-hydrogen) atoms. The van der Waals surface area contributed by atoms with Crippen molar-refractivity contribution in [1.82, 2.24) is 10.3 Å². The zero-order valence-corrected chi connectivity index (χ0v) is 14.7. The van der Waals surface area contributed by atoms with Crippen molar-refractivity contribution in [3.05, 3.63) is 36.4 Å². The zero-order chi connectivity index (χ0) is 16.9. The first-order valence-corrected chi connectivity index (χ1v) is 9.08. The van der Waals surface area contributed by atoms with Crippen molar-refractivity contribution in [2.45, 2.75) is 45.6 Å². The Morgan fingerprint density at radius 3 is 3.00 bits per heavy atom. The number of nitrogens with zero attached hydrogens (tertiary/aromatic N) is 2. The number of rotatable bonds is 5. The Balaban J connectivity index is 1.69. The summed E-state index contributed by atoms with van der Waals surface area (Å²) in [5.74, 6) is 1.24. The summed E-state index contributed by atoms with van der Waals surface area (Å²) >= 11 is 0. The number of amides is 1. The summed E-state index contributed by atoms with van der Waals surface area (Å²) in [4.78, 5) is 19.5. The van der Waals surface area contributed by atoms with E-state index in [2.05, 4.69) is 42.3 Å². The molecule has 1 N–H and O–H groups in total. The van der Waals surface area contributed by atoms with Crippen LogP contribution in [0.4, 0.5) is 5.82 Å². The van der Waals surface area contributed by atoms with Gasteiger partial charge in [-0.25, -0.2) is 4.98 Å². The maximum atomic E-state index is 12.5. The van der Waals surface area contributed by atoms with Crippen LogP contribution in [-0.2, 0) is 4.79 Å². The molecule has 1 saturated heterocycles. The Hall–Kier alpha value is -2.10. The predicted molar refractivity (Wildman–Crippen MR) is 99.2 cm³/mol. The van der Waals surface area contributed by atoms with Crippen LogP contribution >= 0.6 is 0 Å². The predicted octanol–water partition coefficient (Wildman–Crippen LogP) is 3.76. The van der Waals surface area contributed by atoms with Crippen molar-refractivity contribution in [2.75, 3.05) is 18.0 Å². The van der Waals surface area contributed by atoms with Gasteiger partial charge in [-0.15, -0.1) is 0 Å². The molecule has 0 bridgehead atoms. The number of anilines is 1. The van der Waals surface area contributed by atoms with E-state index in [9.17, 15) is 4.79 Å². The fraction of sp³-hybridized carbons (Fsp3) is 0.500. The molecule has 0 aliphatic carbocycles. The molecule has 1 amide bonds. The van der Waals surface area contributed by atoms with Crippen molar-refractivity contribution in [1.29, 1.82) is 0 Å². The van der Waals surface area contributed by atoms with E-state index in [1.54, 1.807) is 0 Å². The number of hydrogen-bond donors (Lipinski definition) is 1. The number of fused-ring (bicyclic) bond motifs is 1. The summed E-state index contributed by atoms with van der Waals surface area (Å²) in [6.07, 6.45) is 4.14. The molecule has 0 radical (unpaired) electrons. The summed E-state index contributed by atoms with van der Waals surface area (Å²) in [5.41, 5.74) is 1.01. The van der Waals surface area contributed by atoms with Crippen molar-refractivity contribution in [3.63, 3.8) is 0 Å². The quantitative estimate of drug-likeness (QED) is 0.910. The van der Waals surface area contributed by atoms with E-state index in [0.29, 0.717) is 0 Å². The van der Waals surface area contributed by atoms with E-state index < -0.39 is 0 Å². The Kier molecular flexibility index (Phi) is 5.34. The van der Waals surface area contributed by atoms with E-state index in [1.807, 2.05) is 18.2 Å². The molecule has 3 rings (SSSR count). The van der Waals surface area contributed by atoms with Crippen molar-refractivity contribution in [3.8, 4) is 0 Å². The summed E-state index contributed by atoms with van der Waals surface area (Å²) in [7, 11) is 0. The van der Waals surface area contributed by atoms with Crippen LogP contribution in [0.2, 0.25) is 0 Å². The average molecular weight is 325 g/mol. The second-order valence-corrected chi connectivity index (χ2v) is 6.85. The molecular formula is C20H27N3O. The Morgan fingerprint density at radius 2 is 2.17 bits per heavy atom. The van der Waals surface area contributed by atoms with Gasteiger partial charge in [0.05, 0.1) is 11.4 Å². The van der Waals surface area contributed by atoms with Gasteiger partial charge in [0.25, 0.3) is 0 Å². The van der Waals surface area contributed by atoms with E-state index in [0.717, 1.165) is 55.5 Å². The lowest BCUT2D eigenvalue weighted by atomic mass is 9.96. The summed E-state index contributed by atoms with van der Waals surface area (Å²) in [6.45, 7) is 5.97. The molecule has 1 aromatic heterocycles. The smallest absolute Gasteiger partial charge is 0.225 e. The summed E-state index contributed by atoms with van der Waals surface area (Å²) in [6, 6.07) is 12.6. The van der Waals surface area contributed by atoms with E-state index in [-0.39, 0.29) is 17.9 Å². The number of para-hydroxylation sites is 1. The third-order valence-corrected chi connectivity index (χ3v) is 4.81. The molecule has 2 aromatic rings. The highest BCUT2D eigenvalue weighted by Crippen LogP contribution is 2.24. The molecule has 0 saturated carbocycles. The monoisotopic (exact) mass is 325 g/mol. The fourth-order valence-electron chi connectivity index (χ4n) is 3.50. The second-order valence-electron chi connectivity index (χ2n) is 6.85. The number of piperidine rings is 1. The van der Waals surface area contributed by atoms with Gasteiger partial charge < -0.3 is 10.2 Å². The van der Waals surface area contributed by atoms with Crippen LogP contribution in [-0.4, -0.2) is 30.0 Å². The topological polar surface area (TPSA) is 45.2 Å². The van der Waals surface area contributed by atoms with Crippen LogP contribution in [0.1, 0.15) is 39.5 Å². The first-order valence-electron chi connectivity index (χ1n) is 9.08. The van der Waals surface area contributed by atoms with Crippen LogP contribution in [0.3, 0.4) is 0 Å². The molecule has 4 nitrogen and oxygen atoms in total. The van der Waals surface area contributed by atoms with Gasteiger partial charge in [0, 0.05) is 24.5 Å². The van der Waals surface area contributed by atoms with Gasteiger partial charge in [-0.1, -0.05) is 31.5 Å². The lowest BCUT2D eigenvalue weighted by molar-refractivity contribution is -0.125. The number of pyridine rings is 1. The third kappa shape index (κ3) is 3.86. The molecule has 1 aromatic carbocycles. The largest absolute Gasteiger partial charge is 0.356 e. The van der Waals surface area contributed by atoms with Gasteiger partial charge in [-0.2, -0.15) is 0 Å². The number of carbonyl (C=O) groups is 1. The molecule has 1 aliphatic rings. The van der Waals surface area contributed by atoms with Crippen LogP contribution < -0.4 is 10.2 Å². The van der Waals surface area contributed by atoms with Gasteiger partial charge in [0.1, 0.15) is 5.82 Å². The van der Waals surface area contributed by atoms with Crippen LogP contribution in [0.5, 0.6) is 0 Å². The number of hydrogen-bond acceptors (Lipinski definition) is 3. The molecule has 1 fully saturated rings. The lowest BCUT2D eigenvalue weighted by Gasteiger charge is -2.33. The standard InChI is InChI=1S/C20H27N3O/c1-3-7-15(2)21-20(24)17-9-6-13-23(14-17)19-12-11-16-8-4-5-10-18(16)22-19/h4-5,8,10-12,15,17H,3,6-7,9,13-14H2,1-2H3,(H,21,24). The van der Waals surface area contributed by atoms with Crippen molar-refractivity contribution in [2.24, 2.45) is 5.92 Å². The maximum Gasteiger partial charge on any atom is 0.225 e. The minimum absolute atomic E-state index is 0.0614. The zero-order valence-electron chi connectivity index (χ0n) is 14.7. The van der Waals surface area contributed by atoms with Crippen molar-refractivity contribution < 1.29 is 4.79 Å². The number of benzene rings is 1. The van der Waals surface area contributed by atoms with Gasteiger partial charge >= 0.3 is 0 Å². The average Bonchev–Trinajstić information content (AvgIpc) is 2.61. The summed E-state index contributed by atoms with van der Waals surface area (Å²) < 4.78 is 0. The third-order valence-electron chi connectivity index (χ3n) is 4.81. The van der Waals surface area contributed by atoms with E-state index >= 15 is 0 Å². The Labute approximate surface area is 144 Å². The molecule has 2 heterocycles. The van der Waals surface area contributed by atoms with Gasteiger partial charge in [0.15, 0.2) is 0 Å². The number of aromatic nitrogens is 1. The van der Waals surface area contributed by atoms with E-state index in [4.69, 9.17) is 4.98 Å². The van der Waals surface area contributed by atoms with Crippen LogP contribution in [0.25, 0.3) is 10.9 Å². The number of carbonyl (C=O) groups excluding carboxylic acids is 1. The first-order chi connectivity index (χ1) is 11.7. The normalized spacial score (nSPS) is 19.2. The Morgan fingerprint density at radius 1 is 1.33 bits per heavy atom. The van der Waals surface area contributed by atoms with Gasteiger partial charge in [-0.3, -0.25) is 4.79 Å². The minimum atomic E-state index is 0.0614. The minimum Gasteiger partial charge on any atom is -0.356 e. The van der Waals surface area contributed by atoms with Crippen molar-refractivity contribution >= 4 is 22.6 Å². The Bertz CT molecular complexity index is 700. The van der Waals surface area contributed by atoms with Gasteiger partial charge in [0.2, 0.25) is 5.91 Å². The molecule has 2 atom stereocenters. The lowest BCUT2D eigenvalue weighted by Crippen LogP contribution is -2.45. The first kappa shape index (κ1) is 16.7. The molecule has 128 valence electrons. The fourth-order valence-corrected chi connectivity index (χ4v) is 3.50. The molecule has 1 aliphatic heterocycles. The van der Waals surface area contributed by atoms with E-state index in [1.165, 1.54) is 0 Å². The SMILES string of the molecule is CCCC(C)NC(=O)C1CCCN(c2ccc3ccccc3n2)C1. The molecular weight excluding hydrogens is 298 g/mol. The highest BCUT2D eigenvalue weighted by Gasteiger charge is 2.27. The van der Waals surface area contributed by atoms with Crippen LogP contribution in [0.15, 0.2) is 36.4 Å². The van der Waals surface area contributed by atoms with Crippen LogP contribution in [0, 0.1) is 5.92 Å². The highest BCUT2D eigenvalue weighted by molar-refractivity contribution is 5.81. The maximum absolute atomic E-state index is 12.5. The molecule has 4 heteroatoms.